The number of carbonyl (C=O) groups is 2. The van der Waals surface area contributed by atoms with Crippen LogP contribution in [0.1, 0.15) is 51.6 Å². The zero-order valence-corrected chi connectivity index (χ0v) is 17.6. The fourth-order valence-corrected chi connectivity index (χ4v) is 3.55. The van der Waals surface area contributed by atoms with Crippen molar-refractivity contribution >= 4 is 17.8 Å². The van der Waals surface area contributed by atoms with Crippen molar-refractivity contribution in [1.29, 1.82) is 0 Å². The Morgan fingerprint density at radius 3 is 2.50 bits per heavy atom. The van der Waals surface area contributed by atoms with E-state index in [0.717, 1.165) is 5.56 Å². The highest BCUT2D eigenvalue weighted by Gasteiger charge is 2.28. The summed E-state index contributed by atoms with van der Waals surface area (Å²) in [6.07, 6.45) is 1.71. The lowest BCUT2D eigenvalue weighted by Crippen LogP contribution is -2.08. The van der Waals surface area contributed by atoms with Gasteiger partial charge in [-0.25, -0.2) is 4.79 Å². The molecule has 0 aromatic heterocycles. The van der Waals surface area contributed by atoms with Crippen molar-refractivity contribution in [1.82, 2.24) is 0 Å². The molecule has 0 radical (unpaired) electrons. The number of rotatable bonds is 4. The molecule has 3 aromatic rings. The van der Waals surface area contributed by atoms with Gasteiger partial charge in [0.15, 0.2) is 17.3 Å². The summed E-state index contributed by atoms with van der Waals surface area (Å²) in [6, 6.07) is 17.6. The van der Waals surface area contributed by atoms with Crippen LogP contribution < -0.4 is 18.9 Å². The van der Waals surface area contributed by atoms with Gasteiger partial charge in [0.1, 0.15) is 11.5 Å². The third-order valence-electron chi connectivity index (χ3n) is 5.36. The number of ether oxygens (including phenoxy) is 4. The molecule has 2 heterocycles. The second-order valence-corrected chi connectivity index (χ2v) is 7.88. The van der Waals surface area contributed by atoms with Gasteiger partial charge in [0.2, 0.25) is 12.6 Å². The van der Waals surface area contributed by atoms with E-state index in [4.69, 9.17) is 18.9 Å². The first-order valence-corrected chi connectivity index (χ1v) is 10.3. The summed E-state index contributed by atoms with van der Waals surface area (Å²) in [5.74, 6) is 1.64. The van der Waals surface area contributed by atoms with E-state index in [1.54, 1.807) is 42.5 Å². The highest BCUT2D eigenvalue weighted by Crippen LogP contribution is 2.36. The van der Waals surface area contributed by atoms with Crippen molar-refractivity contribution in [2.45, 2.75) is 19.8 Å². The lowest BCUT2D eigenvalue weighted by molar-refractivity contribution is 0.0734. The molecule has 0 amide bonds. The van der Waals surface area contributed by atoms with Gasteiger partial charge in [-0.3, -0.25) is 4.79 Å². The fraction of sp³-hybridized carbons (Fsp3) is 0.154. The Kier molecular flexibility index (Phi) is 4.90. The van der Waals surface area contributed by atoms with Crippen LogP contribution in [0.3, 0.4) is 0 Å². The molecule has 0 aliphatic carbocycles. The van der Waals surface area contributed by atoms with E-state index in [-0.39, 0.29) is 24.1 Å². The van der Waals surface area contributed by atoms with Gasteiger partial charge in [-0.1, -0.05) is 38.1 Å². The smallest absolute Gasteiger partial charge is 0.343 e. The van der Waals surface area contributed by atoms with Crippen molar-refractivity contribution < 1.29 is 28.5 Å². The summed E-state index contributed by atoms with van der Waals surface area (Å²) >= 11 is 0. The summed E-state index contributed by atoms with van der Waals surface area (Å²) in [6.45, 7) is 4.39. The van der Waals surface area contributed by atoms with Gasteiger partial charge in [-0.2, -0.15) is 0 Å². The molecule has 0 saturated carbocycles. The fourth-order valence-electron chi connectivity index (χ4n) is 3.55. The Balaban J connectivity index is 1.33. The van der Waals surface area contributed by atoms with Crippen LogP contribution in [0.2, 0.25) is 0 Å². The normalized spacial score (nSPS) is 15.1. The standard InChI is InChI=1S/C26H20O6/c1-15(2)17-5-3-16(4-6-17)11-24-25(27)20-9-8-19(13-22(20)32-24)31-26(28)18-7-10-21-23(12-18)30-14-29-21/h3-13,15H,14H2,1-2H3/b24-11-. The Morgan fingerprint density at radius 2 is 1.72 bits per heavy atom. The number of carbonyl (C=O) groups excluding carboxylic acids is 2. The molecule has 0 N–H and O–H groups in total. The lowest BCUT2D eigenvalue weighted by Gasteiger charge is -2.06. The monoisotopic (exact) mass is 428 g/mol. The minimum atomic E-state index is -0.548. The molecule has 0 saturated heterocycles. The van der Waals surface area contributed by atoms with Gasteiger partial charge >= 0.3 is 5.97 Å². The zero-order chi connectivity index (χ0) is 22.2. The molecule has 3 aromatic carbocycles. The maximum atomic E-state index is 12.7. The summed E-state index contributed by atoms with van der Waals surface area (Å²) in [5.41, 5.74) is 2.86. The van der Waals surface area contributed by atoms with Crippen molar-refractivity contribution in [2.75, 3.05) is 6.79 Å². The van der Waals surface area contributed by atoms with E-state index in [2.05, 4.69) is 13.8 Å². The minimum absolute atomic E-state index is 0.127. The van der Waals surface area contributed by atoms with E-state index in [9.17, 15) is 9.59 Å². The van der Waals surface area contributed by atoms with Crippen LogP contribution in [0.25, 0.3) is 6.08 Å². The van der Waals surface area contributed by atoms with Gasteiger partial charge in [0.05, 0.1) is 11.1 Å². The quantitative estimate of drug-likeness (QED) is 0.316. The van der Waals surface area contributed by atoms with Crippen LogP contribution >= 0.6 is 0 Å². The molecule has 2 aliphatic heterocycles. The average Bonchev–Trinajstić information content (AvgIpc) is 3.38. The van der Waals surface area contributed by atoms with Gasteiger partial charge < -0.3 is 18.9 Å². The van der Waals surface area contributed by atoms with E-state index in [0.29, 0.717) is 34.3 Å². The SMILES string of the molecule is CC(C)c1ccc(/C=C2\Oc3cc(OC(=O)c4ccc5c(c4)OCO5)ccc3C2=O)cc1. The summed E-state index contributed by atoms with van der Waals surface area (Å²) < 4.78 is 21.8. The number of fused-ring (bicyclic) bond motifs is 2. The molecule has 6 nitrogen and oxygen atoms in total. The number of Topliss-reactive ketones (excluding diaryl/α,β-unsaturated/α-hetero) is 1. The highest BCUT2D eigenvalue weighted by molar-refractivity contribution is 6.14. The summed E-state index contributed by atoms with van der Waals surface area (Å²) in [4.78, 5) is 25.2. The maximum absolute atomic E-state index is 12.7. The Labute approximate surface area is 185 Å². The molecular weight excluding hydrogens is 408 g/mol. The van der Waals surface area contributed by atoms with Gasteiger partial charge in [-0.15, -0.1) is 0 Å². The summed E-state index contributed by atoms with van der Waals surface area (Å²) in [7, 11) is 0. The number of hydrogen-bond donors (Lipinski definition) is 0. The van der Waals surface area contributed by atoms with Crippen LogP contribution in [-0.2, 0) is 0 Å². The van der Waals surface area contributed by atoms with Crippen LogP contribution in [0, 0.1) is 0 Å². The molecule has 2 aliphatic rings. The van der Waals surface area contributed by atoms with Crippen LogP contribution in [0.15, 0.2) is 66.4 Å². The van der Waals surface area contributed by atoms with Crippen molar-refractivity contribution in [3.8, 4) is 23.0 Å². The molecule has 0 spiro atoms. The minimum Gasteiger partial charge on any atom is -0.454 e. The highest BCUT2D eigenvalue weighted by atomic mass is 16.7. The van der Waals surface area contributed by atoms with Crippen molar-refractivity contribution in [2.24, 2.45) is 0 Å². The van der Waals surface area contributed by atoms with E-state index < -0.39 is 5.97 Å². The Hall–Kier alpha value is -4.06. The number of esters is 1. The number of ketones is 1. The number of hydrogen-bond acceptors (Lipinski definition) is 6. The van der Waals surface area contributed by atoms with Gasteiger partial charge in [0, 0.05) is 6.07 Å². The molecule has 160 valence electrons. The Bertz CT molecular complexity index is 1250. The maximum Gasteiger partial charge on any atom is 0.343 e. The topological polar surface area (TPSA) is 71.1 Å². The average molecular weight is 428 g/mol. The van der Waals surface area contributed by atoms with Gasteiger partial charge in [0.25, 0.3) is 0 Å². The molecule has 0 fully saturated rings. The van der Waals surface area contributed by atoms with E-state index >= 15 is 0 Å². The van der Waals surface area contributed by atoms with Crippen molar-refractivity contribution in [3.63, 3.8) is 0 Å². The second kappa shape index (κ2) is 7.89. The van der Waals surface area contributed by atoms with Crippen LogP contribution in [0.4, 0.5) is 0 Å². The van der Waals surface area contributed by atoms with Crippen LogP contribution in [0.5, 0.6) is 23.0 Å². The molecule has 0 unspecified atom stereocenters. The number of benzene rings is 3. The van der Waals surface area contributed by atoms with Crippen LogP contribution in [-0.4, -0.2) is 18.5 Å². The predicted octanol–water partition coefficient (Wildman–Crippen LogP) is 5.37. The largest absolute Gasteiger partial charge is 0.454 e. The molecule has 0 atom stereocenters. The first-order chi connectivity index (χ1) is 15.5. The summed E-state index contributed by atoms with van der Waals surface area (Å²) in [5, 5.41) is 0. The predicted molar refractivity (Wildman–Crippen MR) is 117 cm³/mol. The molecule has 5 rings (SSSR count). The first kappa shape index (κ1) is 19.9. The van der Waals surface area contributed by atoms with E-state index in [1.165, 1.54) is 5.56 Å². The zero-order valence-electron chi connectivity index (χ0n) is 17.6. The Morgan fingerprint density at radius 1 is 0.938 bits per heavy atom. The third-order valence-corrected chi connectivity index (χ3v) is 5.36. The third kappa shape index (κ3) is 3.71. The molecular formula is C26H20O6. The van der Waals surface area contributed by atoms with Gasteiger partial charge in [-0.05, 0) is 53.5 Å². The van der Waals surface area contributed by atoms with Crippen molar-refractivity contribution in [3.05, 3.63) is 88.7 Å². The van der Waals surface area contributed by atoms with E-state index in [1.807, 2.05) is 24.3 Å². The lowest BCUT2D eigenvalue weighted by atomic mass is 10.0. The first-order valence-electron chi connectivity index (χ1n) is 10.3. The molecule has 32 heavy (non-hydrogen) atoms. The molecule has 0 bridgehead atoms. The second-order valence-electron chi connectivity index (χ2n) is 7.88. The number of allylic oxidation sites excluding steroid dienone is 1. The molecule has 6 heteroatoms.